The van der Waals surface area contributed by atoms with Crippen LogP contribution in [0.1, 0.15) is 19.3 Å². The van der Waals surface area contributed by atoms with Gasteiger partial charge in [-0.25, -0.2) is 0 Å². The molecule has 1 atom stereocenters. The number of carbonyl (C=O) groups excluding carboxylic acids is 1. The Morgan fingerprint density at radius 1 is 1.05 bits per heavy atom. The minimum Gasteiger partial charge on any atom is -0.508 e. The fourth-order valence-electron chi connectivity index (χ4n) is 3.12. The lowest BCUT2D eigenvalue weighted by Gasteiger charge is -2.37. The van der Waals surface area contributed by atoms with Gasteiger partial charge in [-0.15, -0.1) is 0 Å². The van der Waals surface area contributed by atoms with Gasteiger partial charge < -0.3 is 14.9 Å². The molecular formula is C17H22N2O2. The molecule has 112 valence electrons. The molecule has 1 aromatic rings. The summed E-state index contributed by atoms with van der Waals surface area (Å²) in [4.78, 5) is 16.8. The molecular weight excluding hydrogens is 264 g/mol. The van der Waals surface area contributed by atoms with Crippen LogP contribution in [-0.2, 0) is 4.79 Å². The molecule has 1 aliphatic heterocycles. The Balaban J connectivity index is 1.56. The number of benzene rings is 1. The summed E-state index contributed by atoms with van der Waals surface area (Å²) in [6, 6.07) is 7.28. The summed E-state index contributed by atoms with van der Waals surface area (Å²) in [5.41, 5.74) is 1.11. The van der Waals surface area contributed by atoms with Crippen LogP contribution in [0, 0.1) is 5.92 Å². The fourth-order valence-corrected chi connectivity index (χ4v) is 3.12. The molecule has 0 aromatic heterocycles. The molecule has 4 nitrogen and oxygen atoms in total. The number of piperazine rings is 1. The van der Waals surface area contributed by atoms with Gasteiger partial charge in [-0.1, -0.05) is 12.2 Å². The van der Waals surface area contributed by atoms with Crippen LogP contribution in [0.5, 0.6) is 5.75 Å². The fraction of sp³-hybridized carbons (Fsp3) is 0.471. The highest BCUT2D eigenvalue weighted by Gasteiger charge is 2.27. The van der Waals surface area contributed by atoms with Crippen molar-refractivity contribution in [3.63, 3.8) is 0 Å². The van der Waals surface area contributed by atoms with Crippen molar-refractivity contribution in [1.29, 1.82) is 0 Å². The van der Waals surface area contributed by atoms with Crippen molar-refractivity contribution >= 4 is 11.6 Å². The Kier molecular flexibility index (Phi) is 4.13. The van der Waals surface area contributed by atoms with Crippen molar-refractivity contribution < 1.29 is 9.90 Å². The van der Waals surface area contributed by atoms with E-state index in [2.05, 4.69) is 17.1 Å². The highest BCUT2D eigenvalue weighted by Crippen LogP contribution is 2.23. The van der Waals surface area contributed by atoms with Crippen molar-refractivity contribution in [1.82, 2.24) is 4.90 Å². The first kappa shape index (κ1) is 14.0. The Hall–Kier alpha value is -1.97. The van der Waals surface area contributed by atoms with E-state index < -0.39 is 0 Å². The van der Waals surface area contributed by atoms with Gasteiger partial charge in [0, 0.05) is 37.8 Å². The standard InChI is InChI=1S/C17H22N2O2/c20-16-8-6-15(7-9-16)18-10-12-19(13-11-18)17(21)14-4-2-1-3-5-14/h1-2,6-9,14,20H,3-5,10-13H2/t14-/m1/s1. The highest BCUT2D eigenvalue weighted by atomic mass is 16.3. The smallest absolute Gasteiger partial charge is 0.226 e. The highest BCUT2D eigenvalue weighted by molar-refractivity contribution is 5.79. The van der Waals surface area contributed by atoms with E-state index in [1.165, 1.54) is 0 Å². The van der Waals surface area contributed by atoms with E-state index in [0.717, 1.165) is 51.1 Å². The number of nitrogens with zero attached hydrogens (tertiary/aromatic N) is 2. The van der Waals surface area contributed by atoms with Crippen LogP contribution in [0.2, 0.25) is 0 Å². The average molecular weight is 286 g/mol. The van der Waals surface area contributed by atoms with Gasteiger partial charge in [-0.2, -0.15) is 0 Å². The zero-order chi connectivity index (χ0) is 14.7. The summed E-state index contributed by atoms with van der Waals surface area (Å²) in [6.45, 7) is 3.30. The molecule has 0 bridgehead atoms. The van der Waals surface area contributed by atoms with Crippen LogP contribution >= 0.6 is 0 Å². The van der Waals surface area contributed by atoms with Gasteiger partial charge in [0.05, 0.1) is 0 Å². The van der Waals surface area contributed by atoms with Crippen molar-refractivity contribution in [2.24, 2.45) is 5.92 Å². The number of phenols is 1. The number of amides is 1. The lowest BCUT2D eigenvalue weighted by Crippen LogP contribution is -2.50. The van der Waals surface area contributed by atoms with Crippen molar-refractivity contribution in [2.45, 2.75) is 19.3 Å². The van der Waals surface area contributed by atoms with Gasteiger partial charge in [0.2, 0.25) is 5.91 Å². The number of anilines is 1. The molecule has 3 rings (SSSR count). The number of aromatic hydroxyl groups is 1. The molecule has 2 aliphatic rings. The molecule has 0 saturated carbocycles. The number of rotatable bonds is 2. The van der Waals surface area contributed by atoms with Crippen LogP contribution in [0.4, 0.5) is 5.69 Å². The molecule has 1 heterocycles. The molecule has 1 N–H and O–H groups in total. The maximum atomic E-state index is 12.5. The Morgan fingerprint density at radius 2 is 1.76 bits per heavy atom. The van der Waals surface area contributed by atoms with Gasteiger partial charge in [0.1, 0.15) is 5.75 Å². The topological polar surface area (TPSA) is 43.8 Å². The molecule has 1 amide bonds. The Labute approximate surface area is 125 Å². The summed E-state index contributed by atoms with van der Waals surface area (Å²) in [6.07, 6.45) is 7.24. The van der Waals surface area contributed by atoms with E-state index in [1.54, 1.807) is 12.1 Å². The van der Waals surface area contributed by atoms with Crippen molar-refractivity contribution in [3.05, 3.63) is 36.4 Å². The number of hydrogen-bond donors (Lipinski definition) is 1. The van der Waals surface area contributed by atoms with E-state index in [4.69, 9.17) is 0 Å². The van der Waals surface area contributed by atoms with Crippen LogP contribution in [0.25, 0.3) is 0 Å². The maximum Gasteiger partial charge on any atom is 0.226 e. The SMILES string of the molecule is O=C([C@@H]1CC=CCC1)N1CCN(c2ccc(O)cc2)CC1. The molecule has 4 heteroatoms. The van der Waals surface area contributed by atoms with Gasteiger partial charge >= 0.3 is 0 Å². The second kappa shape index (κ2) is 6.20. The third-order valence-electron chi connectivity index (χ3n) is 4.42. The third-order valence-corrected chi connectivity index (χ3v) is 4.42. The van der Waals surface area contributed by atoms with Gasteiger partial charge in [0.15, 0.2) is 0 Å². The van der Waals surface area contributed by atoms with Crippen LogP contribution in [0.15, 0.2) is 36.4 Å². The molecule has 1 aromatic carbocycles. The molecule has 1 aliphatic carbocycles. The normalized spacial score (nSPS) is 22.4. The van der Waals surface area contributed by atoms with E-state index in [-0.39, 0.29) is 11.7 Å². The van der Waals surface area contributed by atoms with E-state index in [0.29, 0.717) is 5.91 Å². The molecule has 1 fully saturated rings. The molecule has 21 heavy (non-hydrogen) atoms. The van der Waals surface area contributed by atoms with Crippen molar-refractivity contribution in [3.8, 4) is 5.75 Å². The number of phenolic OH excluding ortho intramolecular Hbond substituents is 1. The first-order valence-corrected chi connectivity index (χ1v) is 7.72. The van der Waals surface area contributed by atoms with Crippen molar-refractivity contribution in [2.75, 3.05) is 31.1 Å². The summed E-state index contributed by atoms with van der Waals surface area (Å²) >= 11 is 0. The van der Waals surface area contributed by atoms with Gasteiger partial charge in [0.25, 0.3) is 0 Å². The van der Waals surface area contributed by atoms with Crippen LogP contribution in [-0.4, -0.2) is 42.1 Å². The molecule has 1 saturated heterocycles. The predicted molar refractivity (Wildman–Crippen MR) is 83.4 cm³/mol. The van der Waals surface area contributed by atoms with Crippen LogP contribution in [0.3, 0.4) is 0 Å². The largest absolute Gasteiger partial charge is 0.508 e. The number of carbonyl (C=O) groups is 1. The number of hydrogen-bond acceptors (Lipinski definition) is 3. The second-order valence-corrected chi connectivity index (χ2v) is 5.81. The first-order chi connectivity index (χ1) is 10.2. The van der Waals surface area contributed by atoms with E-state index in [1.807, 2.05) is 17.0 Å². The zero-order valence-corrected chi connectivity index (χ0v) is 12.2. The van der Waals surface area contributed by atoms with Gasteiger partial charge in [-0.3, -0.25) is 4.79 Å². The summed E-state index contributed by atoms with van der Waals surface area (Å²) < 4.78 is 0. The minimum atomic E-state index is 0.190. The Bertz CT molecular complexity index is 516. The molecule has 0 unspecified atom stereocenters. The second-order valence-electron chi connectivity index (χ2n) is 5.81. The predicted octanol–water partition coefficient (Wildman–Crippen LogP) is 2.40. The monoisotopic (exact) mass is 286 g/mol. The van der Waals surface area contributed by atoms with Gasteiger partial charge in [-0.05, 0) is 43.5 Å². The summed E-state index contributed by atoms with van der Waals surface area (Å²) in [5, 5.41) is 9.34. The lowest BCUT2D eigenvalue weighted by molar-refractivity contribution is -0.136. The maximum absolute atomic E-state index is 12.5. The van der Waals surface area contributed by atoms with E-state index >= 15 is 0 Å². The summed E-state index contributed by atoms with van der Waals surface area (Å²) in [7, 11) is 0. The Morgan fingerprint density at radius 3 is 2.38 bits per heavy atom. The number of allylic oxidation sites excluding steroid dienone is 2. The summed E-state index contributed by atoms with van der Waals surface area (Å²) in [5.74, 6) is 0.804. The average Bonchev–Trinajstić information content (AvgIpc) is 2.56. The molecule has 0 radical (unpaired) electrons. The minimum absolute atomic E-state index is 0.190. The lowest BCUT2D eigenvalue weighted by atomic mass is 9.93. The zero-order valence-electron chi connectivity index (χ0n) is 12.2. The van der Waals surface area contributed by atoms with Crippen LogP contribution < -0.4 is 4.90 Å². The first-order valence-electron chi connectivity index (χ1n) is 7.72. The van der Waals surface area contributed by atoms with E-state index in [9.17, 15) is 9.90 Å². The molecule has 0 spiro atoms. The third kappa shape index (κ3) is 3.20. The quantitative estimate of drug-likeness (QED) is 0.849.